The van der Waals surface area contributed by atoms with Crippen LogP contribution in [0, 0.1) is 5.92 Å². The number of benzene rings is 1. The van der Waals surface area contributed by atoms with E-state index < -0.39 is 5.60 Å². The molecule has 0 saturated heterocycles. The van der Waals surface area contributed by atoms with Gasteiger partial charge in [-0.1, -0.05) is 31.1 Å². The normalized spacial score (nSPS) is 14.3. The summed E-state index contributed by atoms with van der Waals surface area (Å²) in [6.07, 6.45) is 0.787. The van der Waals surface area contributed by atoms with Crippen LogP contribution in [-0.4, -0.2) is 28.3 Å². The van der Waals surface area contributed by atoms with E-state index in [1.165, 1.54) is 0 Å². The fraction of sp³-hybridized carbons (Fsp3) is 0.500. The summed E-state index contributed by atoms with van der Waals surface area (Å²) in [4.78, 5) is 12.0. The van der Waals surface area contributed by atoms with Crippen molar-refractivity contribution < 1.29 is 14.4 Å². The molecule has 2 rings (SSSR count). The van der Waals surface area contributed by atoms with E-state index in [1.54, 1.807) is 6.92 Å². The third-order valence-corrected chi connectivity index (χ3v) is 3.29. The van der Waals surface area contributed by atoms with Crippen molar-refractivity contribution >= 4 is 16.9 Å². The van der Waals surface area contributed by atoms with Crippen molar-refractivity contribution in [3.8, 4) is 0 Å². The van der Waals surface area contributed by atoms with E-state index in [1.807, 2.05) is 38.1 Å². The van der Waals surface area contributed by atoms with Gasteiger partial charge in [-0.3, -0.25) is 4.79 Å². The molecule has 2 aromatic rings. The second kappa shape index (κ2) is 6.26. The van der Waals surface area contributed by atoms with Crippen LogP contribution in [0.2, 0.25) is 0 Å². The molecule has 1 aromatic heterocycles. The van der Waals surface area contributed by atoms with Gasteiger partial charge < -0.3 is 14.9 Å². The van der Waals surface area contributed by atoms with Crippen molar-refractivity contribution in [2.45, 2.75) is 39.2 Å². The number of hydrogen-bond acceptors (Lipinski definition) is 4. The Morgan fingerprint density at radius 2 is 2.14 bits per heavy atom. The third kappa shape index (κ3) is 4.29. The van der Waals surface area contributed by atoms with Gasteiger partial charge in [0.1, 0.15) is 5.69 Å². The SMILES string of the molecule is CC(C)CC(C)(O)CNC(=O)Cc1noc2ccccc12. The fourth-order valence-electron chi connectivity index (χ4n) is 2.52. The number of amides is 1. The number of rotatable bonds is 6. The van der Waals surface area contributed by atoms with E-state index >= 15 is 0 Å². The number of fused-ring (bicyclic) bond motifs is 1. The Bertz CT molecular complexity index is 617. The average Bonchev–Trinajstić information content (AvgIpc) is 2.79. The monoisotopic (exact) mass is 290 g/mol. The lowest BCUT2D eigenvalue weighted by molar-refractivity contribution is -0.121. The first-order valence-corrected chi connectivity index (χ1v) is 7.20. The predicted molar refractivity (Wildman–Crippen MR) is 80.8 cm³/mol. The molecule has 21 heavy (non-hydrogen) atoms. The second-order valence-electron chi connectivity index (χ2n) is 6.17. The maximum absolute atomic E-state index is 12.0. The molecule has 1 heterocycles. The number of para-hydroxylation sites is 1. The molecule has 0 aliphatic carbocycles. The van der Waals surface area contributed by atoms with Gasteiger partial charge in [-0.15, -0.1) is 0 Å². The molecule has 0 fully saturated rings. The van der Waals surface area contributed by atoms with Crippen LogP contribution in [0.4, 0.5) is 0 Å². The number of hydrogen-bond donors (Lipinski definition) is 2. The maximum Gasteiger partial charge on any atom is 0.226 e. The lowest BCUT2D eigenvalue weighted by Crippen LogP contribution is -2.42. The number of carbonyl (C=O) groups excluding carboxylic acids is 1. The Labute approximate surface area is 124 Å². The molecule has 0 bridgehead atoms. The highest BCUT2D eigenvalue weighted by Gasteiger charge is 2.23. The van der Waals surface area contributed by atoms with E-state index in [4.69, 9.17) is 4.52 Å². The van der Waals surface area contributed by atoms with Gasteiger partial charge in [0, 0.05) is 11.9 Å². The van der Waals surface area contributed by atoms with Crippen LogP contribution >= 0.6 is 0 Å². The highest BCUT2D eigenvalue weighted by Crippen LogP contribution is 2.18. The minimum atomic E-state index is -0.893. The van der Waals surface area contributed by atoms with Gasteiger partial charge in [-0.05, 0) is 31.4 Å². The van der Waals surface area contributed by atoms with Crippen LogP contribution in [-0.2, 0) is 11.2 Å². The summed E-state index contributed by atoms with van der Waals surface area (Å²) in [5, 5.41) is 17.7. The van der Waals surface area contributed by atoms with Crippen molar-refractivity contribution in [1.82, 2.24) is 10.5 Å². The Morgan fingerprint density at radius 1 is 1.43 bits per heavy atom. The van der Waals surface area contributed by atoms with Crippen LogP contribution in [0.1, 0.15) is 32.9 Å². The van der Waals surface area contributed by atoms with E-state index in [0.717, 1.165) is 5.39 Å². The van der Waals surface area contributed by atoms with Crippen LogP contribution in [0.5, 0.6) is 0 Å². The predicted octanol–water partition coefficient (Wildman–Crippen LogP) is 2.28. The van der Waals surface area contributed by atoms with Gasteiger partial charge >= 0.3 is 0 Å². The molecular weight excluding hydrogens is 268 g/mol. The van der Waals surface area contributed by atoms with E-state index in [2.05, 4.69) is 10.5 Å². The zero-order valence-corrected chi connectivity index (χ0v) is 12.7. The molecule has 0 aliphatic heterocycles. The van der Waals surface area contributed by atoms with Gasteiger partial charge in [0.05, 0.1) is 12.0 Å². The van der Waals surface area contributed by atoms with Crippen molar-refractivity contribution in [2.24, 2.45) is 5.92 Å². The molecule has 1 aromatic carbocycles. The number of nitrogens with one attached hydrogen (secondary N) is 1. The molecule has 114 valence electrons. The largest absolute Gasteiger partial charge is 0.388 e. The van der Waals surface area contributed by atoms with Crippen LogP contribution in [0.3, 0.4) is 0 Å². The Balaban J connectivity index is 1.93. The molecule has 0 aliphatic rings. The molecule has 0 spiro atoms. The zero-order valence-electron chi connectivity index (χ0n) is 12.7. The summed E-state index contributed by atoms with van der Waals surface area (Å²) < 4.78 is 5.17. The number of aliphatic hydroxyl groups is 1. The number of carbonyl (C=O) groups is 1. The molecule has 0 radical (unpaired) electrons. The smallest absolute Gasteiger partial charge is 0.226 e. The summed E-state index contributed by atoms with van der Waals surface area (Å²) in [5.74, 6) is 0.203. The van der Waals surface area contributed by atoms with Crippen molar-refractivity contribution in [1.29, 1.82) is 0 Å². The minimum Gasteiger partial charge on any atom is -0.388 e. The molecule has 5 nitrogen and oxygen atoms in total. The number of nitrogens with zero attached hydrogens (tertiary/aromatic N) is 1. The van der Waals surface area contributed by atoms with Gasteiger partial charge in [-0.2, -0.15) is 0 Å². The molecule has 0 saturated carbocycles. The summed E-state index contributed by atoms with van der Waals surface area (Å²) >= 11 is 0. The molecular formula is C16H22N2O3. The lowest BCUT2D eigenvalue weighted by Gasteiger charge is -2.25. The molecule has 1 atom stereocenters. The Hall–Kier alpha value is -1.88. The van der Waals surface area contributed by atoms with Crippen LogP contribution in [0.25, 0.3) is 11.0 Å². The number of aromatic nitrogens is 1. The fourth-order valence-corrected chi connectivity index (χ4v) is 2.52. The second-order valence-corrected chi connectivity index (χ2v) is 6.17. The average molecular weight is 290 g/mol. The lowest BCUT2D eigenvalue weighted by atomic mass is 9.94. The third-order valence-electron chi connectivity index (χ3n) is 3.29. The maximum atomic E-state index is 12.0. The van der Waals surface area contributed by atoms with Crippen LogP contribution in [0.15, 0.2) is 28.8 Å². The van der Waals surface area contributed by atoms with Crippen molar-refractivity contribution in [2.75, 3.05) is 6.54 Å². The first-order valence-electron chi connectivity index (χ1n) is 7.20. The summed E-state index contributed by atoms with van der Waals surface area (Å²) in [6.45, 7) is 6.05. The first kappa shape index (κ1) is 15.5. The molecule has 1 amide bonds. The quantitative estimate of drug-likeness (QED) is 0.856. The molecule has 1 unspecified atom stereocenters. The van der Waals surface area contributed by atoms with Gasteiger partial charge in [-0.25, -0.2) is 0 Å². The van der Waals surface area contributed by atoms with E-state index in [-0.39, 0.29) is 18.9 Å². The standard InChI is InChI=1S/C16H22N2O3/c1-11(2)9-16(3,20)10-17-15(19)8-13-12-6-4-5-7-14(12)21-18-13/h4-7,11,20H,8-10H2,1-3H3,(H,17,19). The highest BCUT2D eigenvalue weighted by atomic mass is 16.5. The van der Waals surface area contributed by atoms with E-state index in [0.29, 0.717) is 23.6 Å². The highest BCUT2D eigenvalue weighted by molar-refractivity contribution is 5.86. The van der Waals surface area contributed by atoms with Gasteiger partial charge in [0.15, 0.2) is 5.58 Å². The summed E-state index contributed by atoms with van der Waals surface area (Å²) in [6, 6.07) is 7.44. The van der Waals surface area contributed by atoms with E-state index in [9.17, 15) is 9.90 Å². The Kier molecular flexibility index (Phi) is 4.63. The summed E-state index contributed by atoms with van der Waals surface area (Å²) in [7, 11) is 0. The molecule has 5 heteroatoms. The van der Waals surface area contributed by atoms with Gasteiger partial charge in [0.2, 0.25) is 5.91 Å². The van der Waals surface area contributed by atoms with Gasteiger partial charge in [0.25, 0.3) is 0 Å². The minimum absolute atomic E-state index is 0.148. The zero-order chi connectivity index (χ0) is 15.5. The van der Waals surface area contributed by atoms with Crippen molar-refractivity contribution in [3.05, 3.63) is 30.0 Å². The topological polar surface area (TPSA) is 75.4 Å². The van der Waals surface area contributed by atoms with Crippen LogP contribution < -0.4 is 5.32 Å². The van der Waals surface area contributed by atoms with Crippen molar-refractivity contribution in [3.63, 3.8) is 0 Å². The Morgan fingerprint density at radius 3 is 2.86 bits per heavy atom. The molecule has 2 N–H and O–H groups in total. The first-order chi connectivity index (χ1) is 9.87. The summed E-state index contributed by atoms with van der Waals surface area (Å²) in [5.41, 5.74) is 0.397.